The van der Waals surface area contributed by atoms with Gasteiger partial charge in [0, 0.05) is 6.61 Å². The van der Waals surface area contributed by atoms with Crippen LogP contribution in [-0.4, -0.2) is 18.8 Å². The van der Waals surface area contributed by atoms with Gasteiger partial charge in [0.2, 0.25) is 0 Å². The Balaban J connectivity index is 1.75. The van der Waals surface area contributed by atoms with Gasteiger partial charge in [-0.1, -0.05) is 12.1 Å². The molecule has 0 amide bonds. The number of nitrogens with one attached hydrogen (secondary N) is 1. The van der Waals surface area contributed by atoms with Crippen molar-refractivity contribution in [3.63, 3.8) is 0 Å². The van der Waals surface area contributed by atoms with E-state index in [9.17, 15) is 0 Å². The lowest BCUT2D eigenvalue weighted by molar-refractivity contribution is 0.0898. The summed E-state index contributed by atoms with van der Waals surface area (Å²) in [6.45, 7) is 0.841. The third-order valence-corrected chi connectivity index (χ3v) is 3.61. The van der Waals surface area contributed by atoms with Gasteiger partial charge in [-0.3, -0.25) is 0 Å². The second kappa shape index (κ2) is 4.38. The minimum atomic E-state index is 0.349. The van der Waals surface area contributed by atoms with Gasteiger partial charge < -0.3 is 10.1 Å². The molecule has 2 atom stereocenters. The number of benzene rings is 1. The van der Waals surface area contributed by atoms with E-state index in [-0.39, 0.29) is 0 Å². The van der Waals surface area contributed by atoms with Crippen molar-refractivity contribution in [3.05, 3.63) is 29.8 Å². The van der Waals surface area contributed by atoms with Gasteiger partial charge in [-0.25, -0.2) is 0 Å². The topological polar surface area (TPSA) is 45.0 Å². The van der Waals surface area contributed by atoms with Gasteiger partial charge in [0.15, 0.2) is 0 Å². The zero-order chi connectivity index (χ0) is 11.7. The first-order valence-electron chi connectivity index (χ1n) is 6.26. The van der Waals surface area contributed by atoms with Crippen LogP contribution in [0.5, 0.6) is 0 Å². The van der Waals surface area contributed by atoms with Crippen LogP contribution >= 0.6 is 0 Å². The Morgan fingerprint density at radius 3 is 2.82 bits per heavy atom. The number of para-hydroxylation sites is 1. The van der Waals surface area contributed by atoms with Crippen molar-refractivity contribution in [2.75, 3.05) is 11.9 Å². The molecule has 1 N–H and O–H groups in total. The van der Waals surface area contributed by atoms with E-state index in [1.54, 1.807) is 0 Å². The summed E-state index contributed by atoms with van der Waals surface area (Å²) in [5, 5.41) is 12.5. The lowest BCUT2D eigenvalue weighted by atomic mass is 10.1. The normalized spacial score (nSPS) is 27.7. The molecule has 2 fully saturated rings. The summed E-state index contributed by atoms with van der Waals surface area (Å²) in [6.07, 6.45) is 3.98. The summed E-state index contributed by atoms with van der Waals surface area (Å²) < 4.78 is 5.79. The first-order chi connectivity index (χ1) is 8.38. The quantitative estimate of drug-likeness (QED) is 0.864. The van der Waals surface area contributed by atoms with Crippen LogP contribution in [0, 0.1) is 17.2 Å². The Morgan fingerprint density at radius 2 is 2.06 bits per heavy atom. The van der Waals surface area contributed by atoms with Crippen molar-refractivity contribution in [3.8, 4) is 6.07 Å². The minimum absolute atomic E-state index is 0.349. The molecule has 3 heteroatoms. The molecule has 1 aliphatic carbocycles. The van der Waals surface area contributed by atoms with E-state index < -0.39 is 0 Å². The second-order valence-corrected chi connectivity index (χ2v) is 4.87. The van der Waals surface area contributed by atoms with Gasteiger partial charge in [-0.05, 0) is 37.3 Å². The predicted molar refractivity (Wildman–Crippen MR) is 65.6 cm³/mol. The smallest absolute Gasteiger partial charge is 0.101 e. The zero-order valence-electron chi connectivity index (χ0n) is 9.73. The van der Waals surface area contributed by atoms with Gasteiger partial charge in [0.1, 0.15) is 6.07 Å². The molecule has 1 aliphatic heterocycles. The predicted octanol–water partition coefficient (Wildman–Crippen LogP) is 2.54. The van der Waals surface area contributed by atoms with Crippen LogP contribution in [0.4, 0.5) is 5.69 Å². The van der Waals surface area contributed by atoms with Crippen LogP contribution in [0.15, 0.2) is 24.3 Å². The third kappa shape index (κ3) is 2.13. The molecule has 1 heterocycles. The lowest BCUT2D eigenvalue weighted by Crippen LogP contribution is -2.31. The van der Waals surface area contributed by atoms with E-state index in [1.807, 2.05) is 24.3 Å². The summed E-state index contributed by atoms with van der Waals surface area (Å²) >= 11 is 0. The van der Waals surface area contributed by atoms with Gasteiger partial charge in [-0.15, -0.1) is 0 Å². The summed E-state index contributed by atoms with van der Waals surface area (Å²) in [5.41, 5.74) is 1.66. The van der Waals surface area contributed by atoms with Crippen molar-refractivity contribution in [2.24, 2.45) is 5.92 Å². The number of nitrogens with zero attached hydrogens (tertiary/aromatic N) is 1. The highest BCUT2D eigenvalue weighted by atomic mass is 16.5. The van der Waals surface area contributed by atoms with Crippen molar-refractivity contribution < 1.29 is 4.74 Å². The highest BCUT2D eigenvalue weighted by molar-refractivity contribution is 5.57. The SMILES string of the molecule is N#Cc1ccccc1NC1CCOC1C1CC1. The van der Waals surface area contributed by atoms with E-state index in [1.165, 1.54) is 12.8 Å². The molecule has 0 spiro atoms. The maximum absolute atomic E-state index is 9.06. The largest absolute Gasteiger partial charge is 0.379 e. The van der Waals surface area contributed by atoms with E-state index in [2.05, 4.69) is 11.4 Å². The van der Waals surface area contributed by atoms with Crippen molar-refractivity contribution in [1.29, 1.82) is 5.26 Å². The molecule has 2 unspecified atom stereocenters. The molecular formula is C14H16N2O. The Kier molecular flexibility index (Phi) is 2.74. The first kappa shape index (κ1) is 10.6. The van der Waals surface area contributed by atoms with Crippen molar-refractivity contribution in [2.45, 2.75) is 31.4 Å². The third-order valence-electron chi connectivity index (χ3n) is 3.61. The molecule has 1 saturated heterocycles. The Labute approximate surface area is 101 Å². The van der Waals surface area contributed by atoms with Gasteiger partial charge >= 0.3 is 0 Å². The lowest BCUT2D eigenvalue weighted by Gasteiger charge is -2.21. The molecule has 2 aliphatic rings. The van der Waals surface area contributed by atoms with Gasteiger partial charge in [0.05, 0.1) is 23.4 Å². The number of hydrogen-bond donors (Lipinski definition) is 1. The highest BCUT2D eigenvalue weighted by Gasteiger charge is 2.40. The molecule has 1 aromatic rings. The molecule has 3 nitrogen and oxygen atoms in total. The van der Waals surface area contributed by atoms with Crippen LogP contribution < -0.4 is 5.32 Å². The second-order valence-electron chi connectivity index (χ2n) is 4.87. The monoisotopic (exact) mass is 228 g/mol. The molecule has 0 aromatic heterocycles. The molecule has 0 radical (unpaired) electrons. The zero-order valence-corrected chi connectivity index (χ0v) is 9.73. The number of hydrogen-bond acceptors (Lipinski definition) is 3. The van der Waals surface area contributed by atoms with Crippen LogP contribution in [-0.2, 0) is 4.74 Å². The van der Waals surface area contributed by atoms with Crippen LogP contribution in [0.2, 0.25) is 0 Å². The molecule has 1 aromatic carbocycles. The number of nitriles is 1. The van der Waals surface area contributed by atoms with Crippen molar-refractivity contribution in [1.82, 2.24) is 0 Å². The molecule has 0 bridgehead atoms. The van der Waals surface area contributed by atoms with E-state index in [0.717, 1.165) is 24.6 Å². The molecule has 17 heavy (non-hydrogen) atoms. The van der Waals surface area contributed by atoms with Crippen LogP contribution in [0.25, 0.3) is 0 Å². The van der Waals surface area contributed by atoms with Crippen LogP contribution in [0.1, 0.15) is 24.8 Å². The molecule has 3 rings (SSSR count). The minimum Gasteiger partial charge on any atom is -0.379 e. The van der Waals surface area contributed by atoms with E-state index in [4.69, 9.17) is 10.00 Å². The summed E-state index contributed by atoms with van der Waals surface area (Å²) in [5.74, 6) is 0.740. The summed E-state index contributed by atoms with van der Waals surface area (Å²) in [4.78, 5) is 0. The molecule has 88 valence electrons. The maximum atomic E-state index is 9.06. The molecule has 1 saturated carbocycles. The fourth-order valence-electron chi connectivity index (χ4n) is 2.56. The van der Waals surface area contributed by atoms with Gasteiger partial charge in [-0.2, -0.15) is 5.26 Å². The average Bonchev–Trinajstić information content (AvgIpc) is 3.11. The number of ether oxygens (including phenoxy) is 1. The first-order valence-corrected chi connectivity index (χ1v) is 6.26. The number of rotatable bonds is 3. The standard InChI is InChI=1S/C14H16N2O/c15-9-11-3-1-2-4-12(11)16-13-7-8-17-14(13)10-5-6-10/h1-4,10,13-14,16H,5-8H2. The molecular weight excluding hydrogens is 212 g/mol. The van der Waals surface area contributed by atoms with Crippen LogP contribution in [0.3, 0.4) is 0 Å². The number of anilines is 1. The fraction of sp³-hybridized carbons (Fsp3) is 0.500. The summed E-state index contributed by atoms with van der Waals surface area (Å²) in [7, 11) is 0. The maximum Gasteiger partial charge on any atom is 0.101 e. The van der Waals surface area contributed by atoms with E-state index >= 15 is 0 Å². The Bertz CT molecular complexity index is 448. The van der Waals surface area contributed by atoms with Crippen molar-refractivity contribution >= 4 is 5.69 Å². The highest BCUT2D eigenvalue weighted by Crippen LogP contribution is 2.39. The Hall–Kier alpha value is -1.53. The van der Waals surface area contributed by atoms with Gasteiger partial charge in [0.25, 0.3) is 0 Å². The fourth-order valence-corrected chi connectivity index (χ4v) is 2.56. The Morgan fingerprint density at radius 1 is 1.24 bits per heavy atom. The average molecular weight is 228 g/mol. The summed E-state index contributed by atoms with van der Waals surface area (Å²) in [6, 6.07) is 10.3. The van der Waals surface area contributed by atoms with E-state index in [0.29, 0.717) is 17.7 Å².